The number of allylic oxidation sites excluding steroid dienone is 28. The zero-order valence-electron chi connectivity index (χ0n) is 52.0. The Balaban J connectivity index is 4.17. The van der Waals surface area contributed by atoms with E-state index in [9.17, 15) is 14.4 Å². The van der Waals surface area contributed by atoms with E-state index in [-0.39, 0.29) is 31.1 Å². The molecule has 6 nitrogen and oxygen atoms in total. The average Bonchev–Trinajstić information content (AvgIpc) is 3.47. The van der Waals surface area contributed by atoms with Gasteiger partial charge in [-0.25, -0.2) is 0 Å². The molecule has 0 aromatic rings. The third kappa shape index (κ3) is 65.5. The van der Waals surface area contributed by atoms with Gasteiger partial charge in [0.25, 0.3) is 0 Å². The molecule has 0 saturated carbocycles. The van der Waals surface area contributed by atoms with E-state index in [2.05, 4.69) is 191 Å². The van der Waals surface area contributed by atoms with Gasteiger partial charge in [-0.1, -0.05) is 281 Å². The Kier molecular flexibility index (Phi) is 62.9. The highest BCUT2D eigenvalue weighted by molar-refractivity contribution is 5.71. The van der Waals surface area contributed by atoms with Crippen LogP contribution in [0.5, 0.6) is 0 Å². The molecule has 1 unspecified atom stereocenters. The van der Waals surface area contributed by atoms with Crippen LogP contribution in [0.4, 0.5) is 0 Å². The fourth-order valence-electron chi connectivity index (χ4n) is 8.40. The number of hydrogen-bond acceptors (Lipinski definition) is 6. The lowest BCUT2D eigenvalue weighted by Crippen LogP contribution is -2.30. The summed E-state index contributed by atoms with van der Waals surface area (Å²) >= 11 is 0. The van der Waals surface area contributed by atoms with Crippen molar-refractivity contribution < 1.29 is 28.6 Å². The van der Waals surface area contributed by atoms with Gasteiger partial charge in [-0.15, -0.1) is 0 Å². The first-order chi connectivity index (χ1) is 40.0. The Morgan fingerprint density at radius 1 is 0.259 bits per heavy atom. The minimum absolute atomic E-state index is 0.0968. The highest BCUT2D eigenvalue weighted by Gasteiger charge is 2.19. The summed E-state index contributed by atoms with van der Waals surface area (Å²) in [7, 11) is 0. The topological polar surface area (TPSA) is 78.9 Å². The van der Waals surface area contributed by atoms with Crippen molar-refractivity contribution in [2.24, 2.45) is 0 Å². The van der Waals surface area contributed by atoms with E-state index >= 15 is 0 Å². The first-order valence-electron chi connectivity index (χ1n) is 32.6. The van der Waals surface area contributed by atoms with Crippen molar-refractivity contribution in [2.45, 2.75) is 271 Å². The maximum atomic E-state index is 12.8. The van der Waals surface area contributed by atoms with Gasteiger partial charge in [-0.3, -0.25) is 14.4 Å². The third-order valence-corrected chi connectivity index (χ3v) is 13.2. The van der Waals surface area contributed by atoms with Crippen LogP contribution in [0, 0.1) is 0 Å². The summed E-state index contributed by atoms with van der Waals surface area (Å²) < 4.78 is 16.7. The molecule has 0 aliphatic heterocycles. The molecule has 0 aromatic carbocycles. The van der Waals surface area contributed by atoms with Gasteiger partial charge in [0, 0.05) is 19.3 Å². The van der Waals surface area contributed by atoms with Crippen molar-refractivity contribution >= 4 is 17.9 Å². The molecule has 81 heavy (non-hydrogen) atoms. The number of hydrogen-bond donors (Lipinski definition) is 0. The Morgan fingerprint density at radius 3 is 0.765 bits per heavy atom. The van der Waals surface area contributed by atoms with Crippen molar-refractivity contribution in [3.8, 4) is 0 Å². The molecule has 0 aliphatic carbocycles. The van der Waals surface area contributed by atoms with Crippen LogP contribution in [-0.2, 0) is 28.6 Å². The van der Waals surface area contributed by atoms with E-state index in [0.29, 0.717) is 19.3 Å². The first kappa shape index (κ1) is 75.8. The van der Waals surface area contributed by atoms with E-state index in [0.717, 1.165) is 167 Å². The second-order valence-electron chi connectivity index (χ2n) is 20.9. The Hall–Kier alpha value is -5.23. The van der Waals surface area contributed by atoms with Gasteiger partial charge in [-0.05, 0) is 135 Å². The number of ether oxygens (including phenoxy) is 3. The van der Waals surface area contributed by atoms with E-state index in [1.165, 1.54) is 57.8 Å². The zero-order valence-corrected chi connectivity index (χ0v) is 52.0. The molecule has 0 spiro atoms. The zero-order chi connectivity index (χ0) is 58.5. The fraction of sp³-hybridized carbons (Fsp3) is 0.587. The van der Waals surface area contributed by atoms with Crippen molar-refractivity contribution in [3.63, 3.8) is 0 Å². The van der Waals surface area contributed by atoms with Crippen molar-refractivity contribution in [3.05, 3.63) is 170 Å². The van der Waals surface area contributed by atoms with Crippen LogP contribution in [0.2, 0.25) is 0 Å². The number of unbranched alkanes of at least 4 members (excludes halogenated alkanes) is 18. The van der Waals surface area contributed by atoms with Crippen LogP contribution >= 0.6 is 0 Å². The highest BCUT2D eigenvalue weighted by atomic mass is 16.6. The molecule has 0 radical (unpaired) electrons. The lowest BCUT2D eigenvalue weighted by atomic mass is 10.0. The molecular formula is C75H118O6. The molecule has 0 saturated heterocycles. The molecule has 0 heterocycles. The van der Waals surface area contributed by atoms with Crippen molar-refractivity contribution in [1.29, 1.82) is 0 Å². The predicted octanol–water partition coefficient (Wildman–Crippen LogP) is 22.7. The number of carbonyl (C=O) groups excluding carboxylic acids is 3. The number of esters is 3. The van der Waals surface area contributed by atoms with Crippen LogP contribution in [0.3, 0.4) is 0 Å². The summed E-state index contributed by atoms with van der Waals surface area (Å²) in [6.45, 7) is 6.29. The predicted molar refractivity (Wildman–Crippen MR) is 352 cm³/mol. The quantitative estimate of drug-likeness (QED) is 0.0261. The Morgan fingerprint density at radius 2 is 0.481 bits per heavy atom. The number of rotatable bonds is 57. The molecule has 1 atom stereocenters. The SMILES string of the molecule is CC/C=C\C/C=C\C/C=C\C/C=C\C/C=C\C/C=C\C/C=C\C/C=C\C/C=C\CCCCCC(=O)OCC(COC(=O)CCCCCCC)OC(=O)CCCCCCCCCCCCC/C=C\C/C=C\C/C=C\C/C=C\C/C=C\CC. The molecule has 0 N–H and O–H groups in total. The minimum Gasteiger partial charge on any atom is -0.462 e. The van der Waals surface area contributed by atoms with Crippen LogP contribution < -0.4 is 0 Å². The second kappa shape index (κ2) is 67.3. The Labute approximate surface area is 498 Å². The first-order valence-corrected chi connectivity index (χ1v) is 32.6. The van der Waals surface area contributed by atoms with Gasteiger partial charge < -0.3 is 14.2 Å². The summed E-state index contributed by atoms with van der Waals surface area (Å²) in [5.74, 6) is -0.953. The average molecular weight is 1120 g/mol. The Bertz CT molecular complexity index is 1860. The molecule has 0 aromatic heterocycles. The smallest absolute Gasteiger partial charge is 0.306 e. The molecule has 0 aliphatic rings. The van der Waals surface area contributed by atoms with Crippen LogP contribution in [0.1, 0.15) is 265 Å². The third-order valence-electron chi connectivity index (χ3n) is 13.2. The normalized spacial score (nSPS) is 13.3. The number of carbonyl (C=O) groups is 3. The molecule has 0 bridgehead atoms. The van der Waals surface area contributed by atoms with E-state index in [4.69, 9.17) is 14.2 Å². The summed E-state index contributed by atoms with van der Waals surface area (Å²) in [5.41, 5.74) is 0. The van der Waals surface area contributed by atoms with Gasteiger partial charge in [0.15, 0.2) is 6.10 Å². The van der Waals surface area contributed by atoms with Gasteiger partial charge in [0.1, 0.15) is 13.2 Å². The summed E-state index contributed by atoms with van der Waals surface area (Å²) in [4.78, 5) is 38.0. The molecule has 0 amide bonds. The largest absolute Gasteiger partial charge is 0.462 e. The monoisotopic (exact) mass is 1110 g/mol. The lowest BCUT2D eigenvalue weighted by Gasteiger charge is -2.18. The maximum absolute atomic E-state index is 12.8. The summed E-state index contributed by atoms with van der Waals surface area (Å²) in [6, 6.07) is 0. The van der Waals surface area contributed by atoms with E-state index in [1.807, 2.05) is 0 Å². The molecule has 0 rings (SSSR count). The van der Waals surface area contributed by atoms with Crippen LogP contribution in [0.25, 0.3) is 0 Å². The van der Waals surface area contributed by atoms with Crippen molar-refractivity contribution in [1.82, 2.24) is 0 Å². The fourth-order valence-corrected chi connectivity index (χ4v) is 8.40. The van der Waals surface area contributed by atoms with Crippen molar-refractivity contribution in [2.75, 3.05) is 13.2 Å². The maximum Gasteiger partial charge on any atom is 0.306 e. The standard InChI is InChI=1S/C75H118O6/c1-4-7-10-13-15-17-19-21-23-25-27-29-31-33-35-36-37-38-40-41-43-45-47-49-51-53-55-57-59-62-65-68-74(77)80-71-72(70-79-73(76)67-64-61-12-9-6-3)81-75(78)69-66-63-60-58-56-54-52-50-48-46-44-42-39-34-32-30-28-26-24-22-20-18-16-14-11-8-5-2/h7-8,10-11,15-18,21-24,27-30,33-35,37-39,41,43,47,49,53,55,72H,4-6,9,12-14,19-20,25-26,31-32,36,40,42,44-46,48,50-52,54,56-71H2,1-3H3/b10-7-,11-8-,17-15-,18-16-,23-21-,24-22-,29-27-,30-28-,35-33-,38-37-,39-34-,43-41-,49-47-,55-53-. The van der Waals surface area contributed by atoms with Crippen LogP contribution in [-0.4, -0.2) is 37.2 Å². The molecule has 454 valence electrons. The van der Waals surface area contributed by atoms with Gasteiger partial charge in [0.2, 0.25) is 0 Å². The summed E-state index contributed by atoms with van der Waals surface area (Å²) in [6.07, 6.45) is 99.8. The summed E-state index contributed by atoms with van der Waals surface area (Å²) in [5, 5.41) is 0. The highest BCUT2D eigenvalue weighted by Crippen LogP contribution is 2.15. The molecular weight excluding hydrogens is 997 g/mol. The molecule has 0 fully saturated rings. The van der Waals surface area contributed by atoms with E-state index in [1.54, 1.807) is 0 Å². The minimum atomic E-state index is -0.799. The molecule has 6 heteroatoms. The van der Waals surface area contributed by atoms with Gasteiger partial charge in [0.05, 0.1) is 0 Å². The lowest BCUT2D eigenvalue weighted by molar-refractivity contribution is -0.167. The van der Waals surface area contributed by atoms with Gasteiger partial charge >= 0.3 is 17.9 Å². The van der Waals surface area contributed by atoms with Crippen LogP contribution in [0.15, 0.2) is 170 Å². The van der Waals surface area contributed by atoms with E-state index < -0.39 is 6.10 Å². The van der Waals surface area contributed by atoms with Gasteiger partial charge in [-0.2, -0.15) is 0 Å². The second-order valence-corrected chi connectivity index (χ2v) is 20.9.